The molecule has 2 unspecified atom stereocenters. The highest BCUT2D eigenvalue weighted by Gasteiger charge is 2.39. The number of nitrogens with zero attached hydrogens (tertiary/aromatic N) is 1. The van der Waals surface area contributed by atoms with Crippen molar-refractivity contribution in [2.75, 3.05) is 0 Å². The topological polar surface area (TPSA) is 62.6 Å². The standard InChI is InChI=1S/C13H18N2O3/c1-8(2)11-13(17)15(9(3)12(16)14-11)7-10-5-4-6-18-10/h4-6,8-9,11H,7H2,1-3H3,(H,14,16). The average molecular weight is 250 g/mol. The molecule has 2 heterocycles. The zero-order valence-corrected chi connectivity index (χ0v) is 10.8. The molecule has 1 aromatic heterocycles. The highest BCUT2D eigenvalue weighted by atomic mass is 16.3. The largest absolute Gasteiger partial charge is 0.467 e. The van der Waals surface area contributed by atoms with E-state index in [2.05, 4.69) is 5.32 Å². The number of piperazine rings is 1. The zero-order chi connectivity index (χ0) is 13.3. The van der Waals surface area contributed by atoms with Crippen LogP contribution in [0, 0.1) is 5.92 Å². The molecule has 0 bridgehead atoms. The number of nitrogens with one attached hydrogen (secondary N) is 1. The lowest BCUT2D eigenvalue weighted by atomic mass is 9.98. The second-order valence-electron chi connectivity index (χ2n) is 4.95. The molecule has 5 heteroatoms. The van der Waals surface area contributed by atoms with Gasteiger partial charge in [-0.3, -0.25) is 9.59 Å². The normalized spacial score (nSPS) is 24.6. The molecule has 98 valence electrons. The monoisotopic (exact) mass is 250 g/mol. The molecule has 2 amide bonds. The first-order valence-electron chi connectivity index (χ1n) is 6.14. The number of hydrogen-bond donors (Lipinski definition) is 1. The van der Waals surface area contributed by atoms with Gasteiger partial charge < -0.3 is 14.6 Å². The summed E-state index contributed by atoms with van der Waals surface area (Å²) < 4.78 is 5.24. The lowest BCUT2D eigenvalue weighted by molar-refractivity contribution is -0.150. The van der Waals surface area contributed by atoms with Crippen molar-refractivity contribution in [3.05, 3.63) is 24.2 Å². The van der Waals surface area contributed by atoms with Crippen LogP contribution in [0.5, 0.6) is 0 Å². The van der Waals surface area contributed by atoms with Gasteiger partial charge in [-0.05, 0) is 25.0 Å². The zero-order valence-electron chi connectivity index (χ0n) is 10.8. The van der Waals surface area contributed by atoms with Crippen LogP contribution >= 0.6 is 0 Å². The van der Waals surface area contributed by atoms with E-state index < -0.39 is 12.1 Å². The number of rotatable bonds is 3. The van der Waals surface area contributed by atoms with Crippen LogP contribution in [0.3, 0.4) is 0 Å². The molecule has 1 aliphatic heterocycles. The lowest BCUT2D eigenvalue weighted by Crippen LogP contribution is -2.63. The molecule has 1 aliphatic rings. The quantitative estimate of drug-likeness (QED) is 0.875. The van der Waals surface area contributed by atoms with Crippen molar-refractivity contribution in [2.24, 2.45) is 5.92 Å². The van der Waals surface area contributed by atoms with Crippen molar-refractivity contribution in [3.63, 3.8) is 0 Å². The molecule has 0 aromatic carbocycles. The van der Waals surface area contributed by atoms with Gasteiger partial charge in [0.25, 0.3) is 0 Å². The van der Waals surface area contributed by atoms with Crippen molar-refractivity contribution in [3.8, 4) is 0 Å². The summed E-state index contributed by atoms with van der Waals surface area (Å²) in [5.41, 5.74) is 0. The fourth-order valence-corrected chi connectivity index (χ4v) is 2.08. The predicted molar refractivity (Wildman–Crippen MR) is 65.5 cm³/mol. The Hall–Kier alpha value is -1.78. The van der Waals surface area contributed by atoms with Crippen molar-refractivity contribution in [2.45, 2.75) is 39.4 Å². The summed E-state index contributed by atoms with van der Waals surface area (Å²) in [6, 6.07) is 2.67. The van der Waals surface area contributed by atoms with Crippen LogP contribution in [0.15, 0.2) is 22.8 Å². The van der Waals surface area contributed by atoms with Crippen LogP contribution in [0.1, 0.15) is 26.5 Å². The fraction of sp³-hybridized carbons (Fsp3) is 0.538. The fourth-order valence-electron chi connectivity index (χ4n) is 2.08. The molecule has 2 rings (SSSR count). The maximum absolute atomic E-state index is 12.3. The maximum atomic E-state index is 12.3. The van der Waals surface area contributed by atoms with Crippen molar-refractivity contribution in [1.82, 2.24) is 10.2 Å². The molecule has 1 saturated heterocycles. The Morgan fingerprint density at radius 2 is 2.17 bits per heavy atom. The molecule has 5 nitrogen and oxygen atoms in total. The van der Waals surface area contributed by atoms with E-state index in [9.17, 15) is 9.59 Å². The Morgan fingerprint density at radius 3 is 2.72 bits per heavy atom. The number of carbonyl (C=O) groups is 2. The summed E-state index contributed by atoms with van der Waals surface area (Å²) in [4.78, 5) is 25.7. The molecule has 18 heavy (non-hydrogen) atoms. The molecule has 0 aliphatic carbocycles. The Kier molecular flexibility index (Phi) is 3.41. The van der Waals surface area contributed by atoms with Gasteiger partial charge in [0.05, 0.1) is 12.8 Å². The Bertz CT molecular complexity index is 439. The minimum absolute atomic E-state index is 0.0477. The highest BCUT2D eigenvalue weighted by Crippen LogP contribution is 2.18. The van der Waals surface area contributed by atoms with E-state index in [0.29, 0.717) is 12.3 Å². The summed E-state index contributed by atoms with van der Waals surface area (Å²) in [6.45, 7) is 5.91. The van der Waals surface area contributed by atoms with Gasteiger partial charge in [0.1, 0.15) is 17.8 Å². The molecule has 0 saturated carbocycles. The Morgan fingerprint density at radius 1 is 1.44 bits per heavy atom. The third-order valence-electron chi connectivity index (χ3n) is 3.27. The number of hydrogen-bond acceptors (Lipinski definition) is 3. The third kappa shape index (κ3) is 2.25. The van der Waals surface area contributed by atoms with E-state index in [0.717, 1.165) is 0 Å². The summed E-state index contributed by atoms with van der Waals surface area (Å²) >= 11 is 0. The van der Waals surface area contributed by atoms with E-state index in [1.54, 1.807) is 30.2 Å². The molecule has 0 radical (unpaired) electrons. The summed E-state index contributed by atoms with van der Waals surface area (Å²) in [7, 11) is 0. The smallest absolute Gasteiger partial charge is 0.246 e. The number of amides is 2. The second-order valence-corrected chi connectivity index (χ2v) is 4.95. The van der Waals surface area contributed by atoms with Crippen LogP contribution in [-0.4, -0.2) is 28.8 Å². The van der Waals surface area contributed by atoms with Crippen molar-refractivity contribution < 1.29 is 14.0 Å². The van der Waals surface area contributed by atoms with Crippen LogP contribution < -0.4 is 5.32 Å². The lowest BCUT2D eigenvalue weighted by Gasteiger charge is -2.38. The van der Waals surface area contributed by atoms with Crippen molar-refractivity contribution >= 4 is 11.8 Å². The van der Waals surface area contributed by atoms with E-state index in [1.807, 2.05) is 13.8 Å². The van der Waals surface area contributed by atoms with E-state index in [1.165, 1.54) is 0 Å². The molecule has 1 aromatic rings. The Balaban J connectivity index is 2.19. The van der Waals surface area contributed by atoms with Gasteiger partial charge in [-0.25, -0.2) is 0 Å². The van der Waals surface area contributed by atoms with Crippen LogP contribution in [0.4, 0.5) is 0 Å². The van der Waals surface area contributed by atoms with Crippen LogP contribution in [0.25, 0.3) is 0 Å². The van der Waals surface area contributed by atoms with Gasteiger partial charge >= 0.3 is 0 Å². The molecule has 1 N–H and O–H groups in total. The van der Waals surface area contributed by atoms with Gasteiger partial charge in [0.2, 0.25) is 11.8 Å². The molecular weight excluding hydrogens is 232 g/mol. The van der Waals surface area contributed by atoms with Gasteiger partial charge in [0, 0.05) is 0 Å². The van der Waals surface area contributed by atoms with E-state index in [4.69, 9.17) is 4.42 Å². The van der Waals surface area contributed by atoms with E-state index >= 15 is 0 Å². The highest BCUT2D eigenvalue weighted by molar-refractivity contribution is 5.96. The number of carbonyl (C=O) groups excluding carboxylic acids is 2. The van der Waals surface area contributed by atoms with Crippen LogP contribution in [0.2, 0.25) is 0 Å². The van der Waals surface area contributed by atoms with Gasteiger partial charge in [-0.2, -0.15) is 0 Å². The van der Waals surface area contributed by atoms with Gasteiger partial charge in [-0.15, -0.1) is 0 Å². The minimum Gasteiger partial charge on any atom is -0.467 e. The number of furan rings is 1. The maximum Gasteiger partial charge on any atom is 0.246 e. The first-order chi connectivity index (χ1) is 8.50. The van der Waals surface area contributed by atoms with Crippen molar-refractivity contribution in [1.29, 1.82) is 0 Å². The average Bonchev–Trinajstić information content (AvgIpc) is 2.81. The first kappa shape index (κ1) is 12.7. The molecule has 2 atom stereocenters. The predicted octanol–water partition coefficient (Wildman–Crippen LogP) is 1.15. The molecule has 1 fully saturated rings. The van der Waals surface area contributed by atoms with E-state index in [-0.39, 0.29) is 17.7 Å². The molecular formula is C13H18N2O3. The Labute approximate surface area is 106 Å². The summed E-state index contributed by atoms with van der Waals surface area (Å²) in [5, 5.41) is 2.76. The minimum atomic E-state index is -0.461. The molecule has 0 spiro atoms. The summed E-state index contributed by atoms with van der Waals surface area (Å²) in [6.07, 6.45) is 1.56. The first-order valence-corrected chi connectivity index (χ1v) is 6.14. The van der Waals surface area contributed by atoms with Gasteiger partial charge in [0.15, 0.2) is 0 Å². The second kappa shape index (κ2) is 4.84. The van der Waals surface area contributed by atoms with Crippen LogP contribution in [-0.2, 0) is 16.1 Å². The third-order valence-corrected chi connectivity index (χ3v) is 3.27. The van der Waals surface area contributed by atoms with Gasteiger partial charge in [-0.1, -0.05) is 13.8 Å². The SMILES string of the molecule is CC(C)C1NC(=O)C(C)N(Cc2ccco2)C1=O. The summed E-state index contributed by atoms with van der Waals surface area (Å²) in [5.74, 6) is 0.605.